The van der Waals surface area contributed by atoms with E-state index in [4.69, 9.17) is 18.3 Å². The Morgan fingerprint density at radius 1 is 0.324 bits per heavy atom. The Bertz CT molecular complexity index is 4040. The van der Waals surface area contributed by atoms with Crippen molar-refractivity contribution in [1.82, 2.24) is 0 Å². The Hall–Kier alpha value is -9.20. The zero-order chi connectivity index (χ0) is 46.9. The first kappa shape index (κ1) is 39.8. The van der Waals surface area contributed by atoms with Gasteiger partial charge in [0.25, 0.3) is 6.71 Å². The summed E-state index contributed by atoms with van der Waals surface area (Å²) in [4.78, 5) is 4.60. The quantitative estimate of drug-likeness (QED) is 0.155. The molecule has 2 aliphatic heterocycles. The van der Waals surface area contributed by atoms with Crippen LogP contribution in [0.5, 0.6) is 23.0 Å². The second-order valence-corrected chi connectivity index (χ2v) is 19.0. The molecule has 4 heterocycles. The van der Waals surface area contributed by atoms with Crippen LogP contribution in [0.25, 0.3) is 65.4 Å². The Balaban J connectivity index is 0.844. The van der Waals surface area contributed by atoms with E-state index in [1.807, 2.05) is 18.2 Å². The summed E-state index contributed by atoms with van der Waals surface area (Å²) >= 11 is 0. The van der Waals surface area contributed by atoms with Crippen LogP contribution in [0.4, 0.5) is 34.1 Å². The number of anilines is 6. The summed E-state index contributed by atoms with van der Waals surface area (Å²) in [5.41, 5.74) is 15.4. The highest BCUT2D eigenvalue weighted by atomic mass is 16.5. The maximum atomic E-state index is 6.94. The van der Waals surface area contributed by atoms with E-state index >= 15 is 0 Å². The molecule has 0 bridgehead atoms. The number of benzene rings is 11. The van der Waals surface area contributed by atoms with Gasteiger partial charge >= 0.3 is 0 Å². The topological polar surface area (TPSA) is 51.2 Å². The monoisotopic (exact) mass is 912 g/mol. The summed E-state index contributed by atoms with van der Waals surface area (Å²) in [6, 6.07) is 75.3. The van der Waals surface area contributed by atoms with Crippen LogP contribution >= 0.6 is 0 Å². The fourth-order valence-corrected chi connectivity index (χ4v) is 11.2. The van der Waals surface area contributed by atoms with Crippen LogP contribution in [0.1, 0.15) is 11.1 Å². The molecule has 0 fully saturated rings. The number of fused-ring (bicyclic) bond motifs is 14. The van der Waals surface area contributed by atoms with Gasteiger partial charge in [0, 0.05) is 71.9 Å². The lowest BCUT2D eigenvalue weighted by Crippen LogP contribution is -2.57. The van der Waals surface area contributed by atoms with Gasteiger partial charge in [-0.2, -0.15) is 0 Å². The molecule has 13 aromatic rings. The van der Waals surface area contributed by atoms with E-state index in [-0.39, 0.29) is 6.71 Å². The molecule has 334 valence electrons. The van der Waals surface area contributed by atoms with Crippen LogP contribution < -0.4 is 35.7 Å². The van der Waals surface area contributed by atoms with Crippen molar-refractivity contribution < 1.29 is 18.3 Å². The molecule has 0 atom stereocenters. The molecule has 0 saturated carbocycles. The number of hydrogen-bond donors (Lipinski definition) is 0. The molecule has 0 amide bonds. The standard InChI is InChI=1S/C64H41BN2O4/c1-38-16-22-44(23-17-38)66(42-10-5-3-6-11-42)46-26-30-48-40(32-46)20-28-50-52-34-60-54(36-58(52)70-63(48)50)65-55-37-59-53(35-61(55)69-57-15-9-14-56(68-60)62(57)65)51-29-21-41-33-47(27-31-49(41)64(51)71-59)67(43-12-7-4-8-13-43)45-24-18-39(2)19-25-45/h3-37H,1-2H3. The summed E-state index contributed by atoms with van der Waals surface area (Å²) in [5, 5.41) is 8.40. The molecule has 15 rings (SSSR count). The van der Waals surface area contributed by atoms with Crippen molar-refractivity contribution in [3.05, 3.63) is 223 Å². The predicted molar refractivity (Wildman–Crippen MR) is 293 cm³/mol. The van der Waals surface area contributed by atoms with Gasteiger partial charge < -0.3 is 28.1 Å². The van der Waals surface area contributed by atoms with Crippen molar-refractivity contribution in [3.63, 3.8) is 0 Å². The van der Waals surface area contributed by atoms with E-state index in [2.05, 4.69) is 218 Å². The molecule has 7 heteroatoms. The zero-order valence-corrected chi connectivity index (χ0v) is 38.8. The van der Waals surface area contributed by atoms with Crippen molar-refractivity contribution in [2.45, 2.75) is 13.8 Å². The molecule has 71 heavy (non-hydrogen) atoms. The molecular formula is C64H41BN2O4. The Morgan fingerprint density at radius 2 is 0.732 bits per heavy atom. The van der Waals surface area contributed by atoms with Crippen LogP contribution in [0.15, 0.2) is 221 Å². The lowest BCUT2D eigenvalue weighted by Gasteiger charge is -2.32. The number of hydrogen-bond acceptors (Lipinski definition) is 6. The van der Waals surface area contributed by atoms with E-state index in [0.29, 0.717) is 0 Å². The van der Waals surface area contributed by atoms with Crippen molar-refractivity contribution in [1.29, 1.82) is 0 Å². The van der Waals surface area contributed by atoms with E-state index < -0.39 is 0 Å². The van der Waals surface area contributed by atoms with Gasteiger partial charge in [0.1, 0.15) is 45.3 Å². The third-order valence-electron chi connectivity index (χ3n) is 14.6. The summed E-state index contributed by atoms with van der Waals surface area (Å²) in [6.07, 6.45) is 0. The number of aryl methyl sites for hydroxylation is 2. The number of para-hydroxylation sites is 2. The smallest absolute Gasteiger partial charge is 0.261 e. The highest BCUT2D eigenvalue weighted by Gasteiger charge is 2.41. The molecule has 11 aromatic carbocycles. The molecule has 0 saturated heterocycles. The molecule has 2 aliphatic rings. The van der Waals surface area contributed by atoms with Gasteiger partial charge in [0.05, 0.1) is 0 Å². The maximum Gasteiger partial charge on any atom is 0.261 e. The first-order valence-corrected chi connectivity index (χ1v) is 24.2. The van der Waals surface area contributed by atoms with E-state index in [1.165, 1.54) is 11.1 Å². The van der Waals surface area contributed by atoms with E-state index in [0.717, 1.165) is 139 Å². The van der Waals surface area contributed by atoms with E-state index in [9.17, 15) is 0 Å². The number of furan rings is 2. The first-order chi connectivity index (χ1) is 35.0. The highest BCUT2D eigenvalue weighted by molar-refractivity contribution is 6.98. The minimum atomic E-state index is -0.181. The van der Waals surface area contributed by atoms with Crippen LogP contribution in [0.3, 0.4) is 0 Å². The molecule has 2 aromatic heterocycles. The Morgan fingerprint density at radius 3 is 1.18 bits per heavy atom. The van der Waals surface area contributed by atoms with Crippen molar-refractivity contribution in [2.75, 3.05) is 9.80 Å². The Labute approximate surface area is 409 Å². The van der Waals surface area contributed by atoms with Crippen LogP contribution in [-0.2, 0) is 0 Å². The first-order valence-electron chi connectivity index (χ1n) is 24.2. The molecule has 6 nitrogen and oxygen atoms in total. The predicted octanol–water partition coefficient (Wildman–Crippen LogP) is 16.1. The van der Waals surface area contributed by atoms with Gasteiger partial charge in [0.2, 0.25) is 0 Å². The lowest BCUT2D eigenvalue weighted by molar-refractivity contribution is 0.465. The summed E-state index contributed by atoms with van der Waals surface area (Å²) in [6.45, 7) is 4.06. The van der Waals surface area contributed by atoms with Crippen molar-refractivity contribution in [2.24, 2.45) is 0 Å². The fourth-order valence-electron chi connectivity index (χ4n) is 11.2. The van der Waals surface area contributed by atoms with Gasteiger partial charge in [-0.3, -0.25) is 0 Å². The summed E-state index contributed by atoms with van der Waals surface area (Å²) in [7, 11) is 0. The second kappa shape index (κ2) is 15.2. The maximum absolute atomic E-state index is 6.94. The lowest BCUT2D eigenvalue weighted by atomic mass is 9.35. The SMILES string of the molecule is Cc1ccc(N(c2ccccc2)c2ccc3c(ccc4c5cc6c(cc5oc34)B3c4cc5oc7c8ccc(N(c9ccccc9)c9ccc(C)cc9)cc8ccc7c5cc4Oc4cccc(c43)O6)c2)cc1. The van der Waals surface area contributed by atoms with Crippen molar-refractivity contribution in [3.8, 4) is 23.0 Å². The Kier molecular flexibility index (Phi) is 8.49. The van der Waals surface area contributed by atoms with Gasteiger partial charge in [-0.1, -0.05) is 90.0 Å². The third kappa shape index (κ3) is 6.16. The molecular weight excluding hydrogens is 872 g/mol. The number of nitrogens with zero attached hydrogens (tertiary/aromatic N) is 2. The summed E-state index contributed by atoms with van der Waals surface area (Å²) in [5.74, 6) is 3.18. The molecule has 0 unspecified atom stereocenters. The third-order valence-corrected chi connectivity index (χ3v) is 14.6. The largest absolute Gasteiger partial charge is 0.458 e. The normalized spacial score (nSPS) is 12.6. The van der Waals surface area contributed by atoms with Gasteiger partial charge in [0.15, 0.2) is 0 Å². The van der Waals surface area contributed by atoms with Crippen LogP contribution in [0, 0.1) is 13.8 Å². The highest BCUT2D eigenvalue weighted by Crippen LogP contribution is 2.45. The zero-order valence-electron chi connectivity index (χ0n) is 38.8. The average molecular weight is 913 g/mol. The minimum absolute atomic E-state index is 0.181. The van der Waals surface area contributed by atoms with Gasteiger partial charge in [-0.15, -0.1) is 0 Å². The van der Waals surface area contributed by atoms with E-state index in [1.54, 1.807) is 0 Å². The number of rotatable bonds is 6. The summed E-state index contributed by atoms with van der Waals surface area (Å²) < 4.78 is 27.5. The van der Waals surface area contributed by atoms with Crippen LogP contribution in [-0.4, -0.2) is 6.71 Å². The van der Waals surface area contributed by atoms with Crippen molar-refractivity contribution >= 4 is 123 Å². The molecule has 0 radical (unpaired) electrons. The minimum Gasteiger partial charge on any atom is -0.458 e. The molecule has 0 N–H and O–H groups in total. The molecule has 0 aliphatic carbocycles. The van der Waals surface area contributed by atoms with Gasteiger partial charge in [-0.05, 0) is 169 Å². The average Bonchev–Trinajstić information content (AvgIpc) is 3.97. The second-order valence-electron chi connectivity index (χ2n) is 19.0. The van der Waals surface area contributed by atoms with Crippen LogP contribution in [0.2, 0.25) is 0 Å². The molecule has 0 spiro atoms. The number of ether oxygens (including phenoxy) is 2. The van der Waals surface area contributed by atoms with Gasteiger partial charge in [-0.25, -0.2) is 0 Å². The fraction of sp³-hybridized carbons (Fsp3) is 0.0312.